The third-order valence-electron chi connectivity index (χ3n) is 2.03. The first kappa shape index (κ1) is 9.75. The van der Waals surface area contributed by atoms with Gasteiger partial charge in [-0.05, 0) is 33.6 Å². The second-order valence-corrected chi connectivity index (χ2v) is 4.54. The Morgan fingerprint density at radius 3 is 2.50 bits per heavy atom. The third kappa shape index (κ3) is 2.95. The Morgan fingerprint density at radius 2 is 2.08 bits per heavy atom. The van der Waals surface area contributed by atoms with Crippen LogP contribution < -0.4 is 5.32 Å². The number of hydrogen-bond donors (Lipinski definition) is 2. The molecule has 1 aliphatic carbocycles. The van der Waals surface area contributed by atoms with Crippen LogP contribution in [0.5, 0.6) is 0 Å². The molecule has 0 unspecified atom stereocenters. The summed E-state index contributed by atoms with van der Waals surface area (Å²) in [6, 6.07) is 0.628. The molecule has 0 spiro atoms. The van der Waals surface area contributed by atoms with Crippen molar-refractivity contribution in [3.05, 3.63) is 11.6 Å². The normalized spacial score (nSPS) is 23.7. The van der Waals surface area contributed by atoms with Gasteiger partial charge in [-0.1, -0.05) is 11.6 Å². The molecule has 0 amide bonds. The largest absolute Gasteiger partial charge is 0.392 e. The van der Waals surface area contributed by atoms with Gasteiger partial charge in [-0.3, -0.25) is 0 Å². The molecule has 2 heteroatoms. The van der Waals surface area contributed by atoms with Crippen LogP contribution >= 0.6 is 0 Å². The predicted octanol–water partition coefficient (Wildman–Crippen LogP) is 1.46. The minimum atomic E-state index is 0.192. The van der Waals surface area contributed by atoms with Gasteiger partial charge in [-0.2, -0.15) is 0 Å². The van der Waals surface area contributed by atoms with Crippen LogP contribution in [0.1, 0.15) is 33.6 Å². The molecule has 12 heavy (non-hydrogen) atoms. The Balaban J connectivity index is 2.22. The molecule has 0 aromatic carbocycles. The van der Waals surface area contributed by atoms with Crippen LogP contribution in [0.2, 0.25) is 0 Å². The summed E-state index contributed by atoms with van der Waals surface area (Å²) in [6.45, 7) is 6.74. The van der Waals surface area contributed by atoms with Crippen LogP contribution in [0.25, 0.3) is 0 Å². The maximum absolute atomic E-state index is 8.62. The van der Waals surface area contributed by atoms with Gasteiger partial charge < -0.3 is 10.4 Å². The Labute approximate surface area is 74.7 Å². The minimum Gasteiger partial charge on any atom is -0.392 e. The van der Waals surface area contributed by atoms with Gasteiger partial charge in [0.05, 0.1) is 6.61 Å². The number of nitrogens with one attached hydrogen (secondary N) is 1. The zero-order valence-electron chi connectivity index (χ0n) is 8.22. The molecular formula is C10H19NO. The molecule has 1 saturated carbocycles. The number of aliphatic hydroxyl groups excluding tert-OH is 1. The van der Waals surface area contributed by atoms with Gasteiger partial charge in [0.2, 0.25) is 0 Å². The highest BCUT2D eigenvalue weighted by atomic mass is 16.2. The third-order valence-corrected chi connectivity index (χ3v) is 2.03. The van der Waals surface area contributed by atoms with Crippen molar-refractivity contribution in [1.82, 2.24) is 5.32 Å². The summed E-state index contributed by atoms with van der Waals surface area (Å²) < 4.78 is 0. The lowest BCUT2D eigenvalue weighted by Crippen LogP contribution is -2.47. The summed E-state index contributed by atoms with van der Waals surface area (Å²) in [5, 5.41) is 12.1. The molecule has 0 aromatic rings. The lowest BCUT2D eigenvalue weighted by atomic mass is 9.84. The van der Waals surface area contributed by atoms with E-state index in [1.165, 1.54) is 5.57 Å². The summed E-state index contributed by atoms with van der Waals surface area (Å²) in [5.74, 6) is 0. The van der Waals surface area contributed by atoms with Crippen LogP contribution in [0, 0.1) is 0 Å². The summed E-state index contributed by atoms with van der Waals surface area (Å²) >= 11 is 0. The zero-order valence-corrected chi connectivity index (χ0v) is 8.22. The summed E-state index contributed by atoms with van der Waals surface area (Å²) in [6.07, 6.45) is 4.14. The first-order valence-corrected chi connectivity index (χ1v) is 4.58. The molecule has 1 fully saturated rings. The van der Waals surface area contributed by atoms with Crippen molar-refractivity contribution in [2.24, 2.45) is 0 Å². The Bertz CT molecular complexity index is 171. The molecule has 2 N–H and O–H groups in total. The first-order chi connectivity index (χ1) is 5.51. The smallest absolute Gasteiger partial charge is 0.0615 e. The van der Waals surface area contributed by atoms with Gasteiger partial charge in [-0.25, -0.2) is 0 Å². The second-order valence-electron chi connectivity index (χ2n) is 4.54. The molecule has 0 heterocycles. The first-order valence-electron chi connectivity index (χ1n) is 4.58. The lowest BCUT2D eigenvalue weighted by molar-refractivity contribution is 0.307. The minimum absolute atomic E-state index is 0.192. The van der Waals surface area contributed by atoms with Crippen LogP contribution in [-0.4, -0.2) is 23.3 Å². The lowest BCUT2D eigenvalue weighted by Gasteiger charge is -2.36. The second kappa shape index (κ2) is 3.58. The van der Waals surface area contributed by atoms with Crippen LogP contribution in [-0.2, 0) is 0 Å². The molecule has 0 radical (unpaired) electrons. The van der Waals surface area contributed by atoms with Gasteiger partial charge in [0.25, 0.3) is 0 Å². The fourth-order valence-electron chi connectivity index (χ4n) is 1.58. The maximum Gasteiger partial charge on any atom is 0.0615 e. The summed E-state index contributed by atoms with van der Waals surface area (Å²) in [5.41, 5.74) is 1.61. The number of hydrogen-bond acceptors (Lipinski definition) is 2. The van der Waals surface area contributed by atoms with Crippen LogP contribution in [0.3, 0.4) is 0 Å². The standard InChI is InChI=1S/C10H19NO/c1-10(2,3)11-9-6-8(7-9)4-5-12/h4,9,11-12H,5-7H2,1-3H3. The van der Waals surface area contributed by atoms with Crippen molar-refractivity contribution in [2.45, 2.75) is 45.2 Å². The molecule has 1 rings (SSSR count). The molecule has 70 valence electrons. The van der Waals surface area contributed by atoms with E-state index >= 15 is 0 Å². The van der Waals surface area contributed by atoms with E-state index in [1.54, 1.807) is 0 Å². The van der Waals surface area contributed by atoms with Crippen molar-refractivity contribution >= 4 is 0 Å². The van der Waals surface area contributed by atoms with E-state index in [9.17, 15) is 0 Å². The Morgan fingerprint density at radius 1 is 1.50 bits per heavy atom. The van der Waals surface area contributed by atoms with E-state index < -0.39 is 0 Å². The summed E-state index contributed by atoms with van der Waals surface area (Å²) in [4.78, 5) is 0. The Kier molecular flexibility index (Phi) is 2.91. The van der Waals surface area contributed by atoms with Gasteiger partial charge in [0, 0.05) is 11.6 Å². The average molecular weight is 169 g/mol. The van der Waals surface area contributed by atoms with Crippen LogP contribution in [0.15, 0.2) is 11.6 Å². The molecule has 0 aromatic heterocycles. The fourth-order valence-corrected chi connectivity index (χ4v) is 1.58. The van der Waals surface area contributed by atoms with Crippen molar-refractivity contribution in [2.75, 3.05) is 6.61 Å². The molecule has 0 bridgehead atoms. The quantitative estimate of drug-likeness (QED) is 0.613. The summed E-state index contributed by atoms with van der Waals surface area (Å²) in [7, 11) is 0. The highest BCUT2D eigenvalue weighted by molar-refractivity contribution is 5.16. The number of rotatable bonds is 2. The van der Waals surface area contributed by atoms with Gasteiger partial charge >= 0.3 is 0 Å². The molecule has 0 aliphatic heterocycles. The highest BCUT2D eigenvalue weighted by Gasteiger charge is 2.25. The Hall–Kier alpha value is -0.340. The van der Waals surface area contributed by atoms with Gasteiger partial charge in [-0.15, -0.1) is 0 Å². The van der Waals surface area contributed by atoms with E-state index in [1.807, 2.05) is 6.08 Å². The van der Waals surface area contributed by atoms with Crippen molar-refractivity contribution < 1.29 is 5.11 Å². The van der Waals surface area contributed by atoms with Crippen molar-refractivity contribution in [3.63, 3.8) is 0 Å². The van der Waals surface area contributed by atoms with E-state index in [4.69, 9.17) is 5.11 Å². The molecular weight excluding hydrogens is 150 g/mol. The van der Waals surface area contributed by atoms with Gasteiger partial charge in [0.1, 0.15) is 0 Å². The monoisotopic (exact) mass is 169 g/mol. The molecule has 1 aliphatic rings. The SMILES string of the molecule is CC(C)(C)NC1CC(=CCO)C1. The zero-order chi connectivity index (χ0) is 9.19. The van der Waals surface area contributed by atoms with E-state index in [2.05, 4.69) is 26.1 Å². The van der Waals surface area contributed by atoms with Crippen LogP contribution in [0.4, 0.5) is 0 Å². The van der Waals surface area contributed by atoms with E-state index in [0.717, 1.165) is 12.8 Å². The highest BCUT2D eigenvalue weighted by Crippen LogP contribution is 2.27. The fraction of sp³-hybridized carbons (Fsp3) is 0.800. The average Bonchev–Trinajstić information content (AvgIpc) is 1.80. The molecule has 2 nitrogen and oxygen atoms in total. The predicted molar refractivity (Wildman–Crippen MR) is 51.1 cm³/mol. The molecule has 0 atom stereocenters. The maximum atomic E-state index is 8.62. The van der Waals surface area contributed by atoms with Gasteiger partial charge in [0.15, 0.2) is 0 Å². The van der Waals surface area contributed by atoms with Crippen molar-refractivity contribution in [1.29, 1.82) is 0 Å². The topological polar surface area (TPSA) is 32.3 Å². The van der Waals surface area contributed by atoms with E-state index in [-0.39, 0.29) is 12.1 Å². The number of aliphatic hydroxyl groups is 1. The van der Waals surface area contributed by atoms with E-state index in [0.29, 0.717) is 6.04 Å². The molecule has 0 saturated heterocycles. The van der Waals surface area contributed by atoms with Crippen molar-refractivity contribution in [3.8, 4) is 0 Å².